The van der Waals surface area contributed by atoms with E-state index in [4.69, 9.17) is 16.6 Å². The SMILES string of the molecule is NC(=O)C1=Nc2ccccc2C1N.O=C(O)CCNC(=O)c1cc2cc(CCC3CCNCC3)sc2s1. The number of hydrogen-bond donors (Lipinski definition) is 5. The third kappa shape index (κ3) is 7.01. The maximum atomic E-state index is 12.0. The second-order valence-electron chi connectivity index (χ2n) is 9.10. The Morgan fingerprint density at radius 1 is 1.14 bits per heavy atom. The van der Waals surface area contributed by atoms with Gasteiger partial charge in [0.25, 0.3) is 11.8 Å². The molecule has 1 atom stereocenters. The monoisotopic (exact) mass is 541 g/mol. The third-order valence-corrected chi connectivity index (χ3v) is 8.88. The Morgan fingerprint density at radius 2 is 1.89 bits per heavy atom. The number of carboxylic acid groups (broad SMARTS) is 1. The van der Waals surface area contributed by atoms with Crippen LogP contribution in [0, 0.1) is 5.92 Å². The highest BCUT2D eigenvalue weighted by Crippen LogP contribution is 2.35. The lowest BCUT2D eigenvalue weighted by atomic mass is 9.93. The Labute approximate surface area is 223 Å². The predicted octanol–water partition coefficient (Wildman–Crippen LogP) is 3.36. The molecule has 2 aliphatic heterocycles. The molecule has 9 nitrogen and oxygen atoms in total. The summed E-state index contributed by atoms with van der Waals surface area (Å²) < 4.78 is 1.18. The Morgan fingerprint density at radius 3 is 2.57 bits per heavy atom. The van der Waals surface area contributed by atoms with Crippen LogP contribution in [0.2, 0.25) is 0 Å². The first-order chi connectivity index (χ1) is 17.8. The van der Waals surface area contributed by atoms with Gasteiger partial charge < -0.3 is 27.2 Å². The maximum Gasteiger partial charge on any atom is 0.305 e. The van der Waals surface area contributed by atoms with E-state index in [-0.39, 0.29) is 24.6 Å². The molecular formula is C26H31N5O4S2. The number of rotatable bonds is 8. The van der Waals surface area contributed by atoms with Crippen LogP contribution in [0.25, 0.3) is 9.40 Å². The molecule has 11 heteroatoms. The summed E-state index contributed by atoms with van der Waals surface area (Å²) in [6.07, 6.45) is 4.88. The number of fused-ring (bicyclic) bond motifs is 2. The minimum Gasteiger partial charge on any atom is -0.481 e. The molecule has 1 fully saturated rings. The van der Waals surface area contributed by atoms with E-state index < -0.39 is 17.9 Å². The highest BCUT2D eigenvalue weighted by atomic mass is 32.2. The summed E-state index contributed by atoms with van der Waals surface area (Å²) in [5, 5.41) is 15.8. The van der Waals surface area contributed by atoms with Crippen molar-refractivity contribution in [2.24, 2.45) is 22.4 Å². The molecule has 1 unspecified atom stereocenters. The van der Waals surface area contributed by atoms with Crippen LogP contribution < -0.4 is 22.1 Å². The van der Waals surface area contributed by atoms with Crippen molar-refractivity contribution in [3.63, 3.8) is 0 Å². The van der Waals surface area contributed by atoms with Gasteiger partial charge in [-0.2, -0.15) is 0 Å². The summed E-state index contributed by atoms with van der Waals surface area (Å²) in [5.74, 6) is -0.799. The molecule has 1 saturated heterocycles. The van der Waals surface area contributed by atoms with Crippen molar-refractivity contribution in [3.05, 3.63) is 51.7 Å². The highest BCUT2D eigenvalue weighted by Gasteiger charge is 2.26. The van der Waals surface area contributed by atoms with Crippen molar-refractivity contribution in [1.82, 2.24) is 10.6 Å². The van der Waals surface area contributed by atoms with Crippen molar-refractivity contribution in [1.29, 1.82) is 0 Å². The fraction of sp³-hybridized carbons (Fsp3) is 0.385. The molecular weight excluding hydrogens is 510 g/mol. The predicted molar refractivity (Wildman–Crippen MR) is 148 cm³/mol. The molecule has 2 amide bonds. The van der Waals surface area contributed by atoms with Crippen molar-refractivity contribution in [2.75, 3.05) is 19.6 Å². The van der Waals surface area contributed by atoms with Crippen LogP contribution in [0.5, 0.6) is 0 Å². The topological polar surface area (TPSA) is 160 Å². The number of aliphatic carboxylic acids is 1. The van der Waals surface area contributed by atoms with Crippen molar-refractivity contribution in [2.45, 2.75) is 38.1 Å². The van der Waals surface area contributed by atoms with Crippen LogP contribution >= 0.6 is 22.7 Å². The summed E-state index contributed by atoms with van der Waals surface area (Å²) in [7, 11) is 0. The van der Waals surface area contributed by atoms with Gasteiger partial charge in [0.2, 0.25) is 0 Å². The van der Waals surface area contributed by atoms with Gasteiger partial charge in [-0.15, -0.1) is 22.7 Å². The quantitative estimate of drug-likeness (QED) is 0.294. The molecule has 0 aliphatic carbocycles. The lowest BCUT2D eigenvalue weighted by molar-refractivity contribution is -0.136. The van der Waals surface area contributed by atoms with Crippen molar-refractivity contribution < 1.29 is 19.5 Å². The number of hydrogen-bond acceptors (Lipinski definition) is 8. The number of carbonyl (C=O) groups excluding carboxylic acids is 2. The highest BCUT2D eigenvalue weighted by molar-refractivity contribution is 7.39. The van der Waals surface area contributed by atoms with Crippen molar-refractivity contribution in [3.8, 4) is 0 Å². The van der Waals surface area contributed by atoms with E-state index in [0.717, 1.165) is 42.1 Å². The first-order valence-electron chi connectivity index (χ1n) is 12.3. The number of nitrogens with one attached hydrogen (secondary N) is 2. The lowest BCUT2D eigenvalue weighted by Crippen LogP contribution is -2.31. The molecule has 0 bridgehead atoms. The summed E-state index contributed by atoms with van der Waals surface area (Å²) in [6.45, 7) is 2.45. The number of aryl methyl sites for hydroxylation is 1. The molecule has 2 aromatic heterocycles. The molecule has 5 rings (SSSR count). The number of carbonyl (C=O) groups is 3. The van der Waals surface area contributed by atoms with Crippen molar-refractivity contribution >= 4 is 61.3 Å². The number of aliphatic imine (C=N–C) groups is 1. The smallest absolute Gasteiger partial charge is 0.305 e. The fourth-order valence-corrected chi connectivity index (χ4v) is 6.84. The Balaban J connectivity index is 0.000000207. The van der Waals surface area contributed by atoms with E-state index in [1.165, 1.54) is 39.5 Å². The number of piperidine rings is 1. The van der Waals surface area contributed by atoms with Crippen LogP contribution in [0.1, 0.15) is 51.8 Å². The molecule has 37 heavy (non-hydrogen) atoms. The lowest BCUT2D eigenvalue weighted by Gasteiger charge is -2.22. The van der Waals surface area contributed by atoms with E-state index in [1.807, 2.05) is 30.3 Å². The average molecular weight is 542 g/mol. The van der Waals surface area contributed by atoms with Gasteiger partial charge in [0.15, 0.2) is 0 Å². The van der Waals surface area contributed by atoms with Gasteiger partial charge >= 0.3 is 5.97 Å². The normalized spacial score (nSPS) is 17.0. The van der Waals surface area contributed by atoms with Gasteiger partial charge in [-0.05, 0) is 62.9 Å². The van der Waals surface area contributed by atoms with Gasteiger partial charge in [-0.3, -0.25) is 14.4 Å². The van der Waals surface area contributed by atoms with E-state index >= 15 is 0 Å². The van der Waals surface area contributed by atoms with E-state index in [0.29, 0.717) is 4.88 Å². The van der Waals surface area contributed by atoms with E-state index in [2.05, 4.69) is 21.7 Å². The molecule has 7 N–H and O–H groups in total. The molecule has 3 aromatic rings. The second-order valence-corrected chi connectivity index (χ2v) is 11.5. The number of nitrogens with zero attached hydrogens (tertiary/aromatic N) is 1. The Hall–Kier alpha value is -3.12. The number of primary amides is 1. The molecule has 4 heterocycles. The van der Waals surface area contributed by atoms with Crippen LogP contribution in [0.3, 0.4) is 0 Å². The molecule has 2 aliphatic rings. The summed E-state index contributed by atoms with van der Waals surface area (Å²) in [4.78, 5) is 39.5. The number of carboxylic acids is 1. The zero-order chi connectivity index (χ0) is 26.4. The number of para-hydroxylation sites is 1. The Kier molecular flexibility index (Phi) is 9.04. The van der Waals surface area contributed by atoms with Gasteiger partial charge in [0.05, 0.1) is 27.0 Å². The first kappa shape index (κ1) is 26.9. The zero-order valence-corrected chi connectivity index (χ0v) is 22.0. The Bertz CT molecular complexity index is 1280. The van der Waals surface area contributed by atoms with E-state index in [9.17, 15) is 14.4 Å². The minimum absolute atomic E-state index is 0.0493. The fourth-order valence-electron chi connectivity index (χ4n) is 4.42. The van der Waals surface area contributed by atoms with Gasteiger partial charge in [-0.25, -0.2) is 4.99 Å². The number of amides is 2. The van der Waals surface area contributed by atoms with Gasteiger partial charge in [-0.1, -0.05) is 18.2 Å². The zero-order valence-electron chi connectivity index (χ0n) is 20.4. The van der Waals surface area contributed by atoms with Crippen LogP contribution in [-0.4, -0.2) is 48.2 Å². The summed E-state index contributed by atoms with van der Waals surface area (Å²) in [5.41, 5.74) is 12.7. The van der Waals surface area contributed by atoms with Crippen LogP contribution in [-0.2, 0) is 16.0 Å². The minimum atomic E-state index is -0.902. The van der Waals surface area contributed by atoms with Gasteiger partial charge in [0, 0.05) is 22.4 Å². The number of nitrogens with two attached hydrogens (primary N) is 2. The molecule has 0 spiro atoms. The summed E-state index contributed by atoms with van der Waals surface area (Å²) in [6, 6.07) is 11.0. The standard InChI is InChI=1S/C17H22N2O3S2.C9H9N3O/c20-15(21)5-8-19-16(22)14-10-12-9-13(23-17(12)24-14)2-1-11-3-6-18-7-4-11;10-7-5-3-1-2-4-6(5)12-8(7)9(11)13/h9-11,18H,1-8H2,(H,19,22)(H,20,21);1-4,7H,10H2,(H2,11,13). The number of benzene rings is 1. The third-order valence-electron chi connectivity index (χ3n) is 6.43. The van der Waals surface area contributed by atoms with Crippen LogP contribution in [0.15, 0.2) is 41.4 Å². The molecule has 0 radical (unpaired) electrons. The second kappa shape index (κ2) is 12.4. The molecule has 0 saturated carbocycles. The summed E-state index contributed by atoms with van der Waals surface area (Å²) >= 11 is 3.28. The first-order valence-corrected chi connectivity index (χ1v) is 13.9. The number of thiophene rings is 2. The average Bonchev–Trinajstić information content (AvgIpc) is 3.55. The van der Waals surface area contributed by atoms with Crippen LogP contribution in [0.4, 0.5) is 5.69 Å². The largest absolute Gasteiger partial charge is 0.481 e. The molecule has 1 aromatic carbocycles. The van der Waals surface area contributed by atoms with Gasteiger partial charge in [0.1, 0.15) is 5.71 Å². The maximum absolute atomic E-state index is 12.0. The van der Waals surface area contributed by atoms with E-state index in [1.54, 1.807) is 11.3 Å². The molecule has 196 valence electrons.